The lowest BCUT2D eigenvalue weighted by molar-refractivity contribution is 0.756. The Balaban J connectivity index is 1.87. The van der Waals surface area contributed by atoms with Crippen LogP contribution in [0.15, 0.2) is 23.0 Å². The van der Waals surface area contributed by atoms with Crippen LogP contribution in [0.5, 0.6) is 0 Å². The summed E-state index contributed by atoms with van der Waals surface area (Å²) in [6, 6.07) is 5.60. The van der Waals surface area contributed by atoms with Gasteiger partial charge in [0.25, 0.3) is 5.56 Å². The van der Waals surface area contributed by atoms with E-state index in [9.17, 15) is 4.79 Å². The average molecular weight is 304 g/mol. The molecule has 4 N–H and O–H groups in total. The molecule has 5 nitrogen and oxygen atoms in total. The number of hydrogen-bond acceptors (Lipinski definition) is 5. The topological polar surface area (TPSA) is 83.8 Å². The van der Waals surface area contributed by atoms with Gasteiger partial charge in [-0.15, -0.1) is 0 Å². The first-order valence-corrected chi connectivity index (χ1v) is 8.40. The van der Waals surface area contributed by atoms with Crippen molar-refractivity contribution in [2.24, 2.45) is 0 Å². The Morgan fingerprint density at radius 2 is 2.33 bits per heavy atom. The molecular weight excluding hydrogens is 284 g/mol. The minimum atomic E-state index is -0.146. The summed E-state index contributed by atoms with van der Waals surface area (Å²) in [7, 11) is 0. The Labute approximate surface area is 127 Å². The summed E-state index contributed by atoms with van der Waals surface area (Å²) in [5, 5.41) is 4.54. The quantitative estimate of drug-likeness (QED) is 0.756. The Bertz CT molecular complexity index is 700. The van der Waals surface area contributed by atoms with Gasteiger partial charge in [-0.3, -0.25) is 9.78 Å². The Hall–Kier alpha value is -1.69. The number of anilines is 2. The lowest BCUT2D eigenvalue weighted by Crippen LogP contribution is -2.28. The van der Waals surface area contributed by atoms with E-state index in [0.29, 0.717) is 33.8 Å². The Morgan fingerprint density at radius 3 is 3.14 bits per heavy atom. The molecule has 2 unspecified atom stereocenters. The molecule has 0 bridgehead atoms. The van der Waals surface area contributed by atoms with Gasteiger partial charge in [-0.1, -0.05) is 13.3 Å². The fourth-order valence-electron chi connectivity index (χ4n) is 2.90. The zero-order chi connectivity index (χ0) is 14.8. The van der Waals surface area contributed by atoms with E-state index < -0.39 is 0 Å². The summed E-state index contributed by atoms with van der Waals surface area (Å²) in [5.41, 5.74) is 6.82. The van der Waals surface area contributed by atoms with Crippen molar-refractivity contribution in [1.29, 1.82) is 0 Å². The molecule has 1 aromatic heterocycles. The second kappa shape index (κ2) is 5.97. The highest BCUT2D eigenvalue weighted by molar-refractivity contribution is 7.99. The van der Waals surface area contributed by atoms with Crippen LogP contribution in [0.4, 0.5) is 11.6 Å². The Morgan fingerprint density at radius 1 is 1.48 bits per heavy atom. The second-order valence-corrected chi connectivity index (χ2v) is 6.88. The molecule has 1 aliphatic carbocycles. The van der Waals surface area contributed by atoms with Crippen molar-refractivity contribution in [2.45, 2.75) is 37.5 Å². The van der Waals surface area contributed by atoms with Gasteiger partial charge >= 0.3 is 0 Å². The molecule has 0 aliphatic heterocycles. The highest BCUT2D eigenvalue weighted by atomic mass is 32.2. The van der Waals surface area contributed by atoms with Crippen molar-refractivity contribution in [3.05, 3.63) is 28.6 Å². The maximum absolute atomic E-state index is 12.1. The third-order valence-electron chi connectivity index (χ3n) is 3.88. The fraction of sp³-hybridized carbons (Fsp3) is 0.467. The lowest BCUT2D eigenvalue weighted by Gasteiger charge is -2.20. The number of aromatic nitrogens is 2. The van der Waals surface area contributed by atoms with Gasteiger partial charge in [-0.2, -0.15) is 11.8 Å². The van der Waals surface area contributed by atoms with Crippen molar-refractivity contribution < 1.29 is 0 Å². The van der Waals surface area contributed by atoms with E-state index in [1.54, 1.807) is 18.2 Å². The molecule has 2 aromatic rings. The van der Waals surface area contributed by atoms with Gasteiger partial charge in [0.2, 0.25) is 5.95 Å². The molecular formula is C15H20N4OS. The molecule has 1 aromatic carbocycles. The number of hydrogen-bond donors (Lipinski definition) is 3. The third-order valence-corrected chi connectivity index (χ3v) is 5.21. The van der Waals surface area contributed by atoms with Crippen molar-refractivity contribution in [3.8, 4) is 0 Å². The molecule has 3 rings (SSSR count). The van der Waals surface area contributed by atoms with E-state index >= 15 is 0 Å². The van der Waals surface area contributed by atoms with Crippen LogP contribution in [0.25, 0.3) is 10.9 Å². The first-order valence-electron chi connectivity index (χ1n) is 7.35. The summed E-state index contributed by atoms with van der Waals surface area (Å²) in [6.45, 7) is 2.18. The number of aromatic amines is 1. The molecule has 1 aliphatic rings. The van der Waals surface area contributed by atoms with Crippen molar-refractivity contribution in [1.82, 2.24) is 9.97 Å². The molecule has 0 spiro atoms. The molecule has 0 amide bonds. The molecule has 1 saturated carbocycles. The minimum Gasteiger partial charge on any atom is -0.399 e. The van der Waals surface area contributed by atoms with Crippen molar-refractivity contribution >= 4 is 34.3 Å². The number of nitrogens with two attached hydrogens (primary N) is 1. The summed E-state index contributed by atoms with van der Waals surface area (Å²) in [5.74, 6) is 1.68. The van der Waals surface area contributed by atoms with Gasteiger partial charge in [0.1, 0.15) is 0 Å². The monoisotopic (exact) mass is 304 g/mol. The van der Waals surface area contributed by atoms with Crippen LogP contribution in [0.3, 0.4) is 0 Å². The molecule has 112 valence electrons. The van der Waals surface area contributed by atoms with Gasteiger partial charge in [0.05, 0.1) is 10.9 Å². The summed E-state index contributed by atoms with van der Waals surface area (Å²) in [6.07, 6.45) is 3.58. The molecule has 0 saturated heterocycles. The standard InChI is InChI=1S/C15H20N4OS/c1-2-21-13-5-3-4-12(13)18-15-17-11-7-6-9(16)8-10(11)14(20)19-15/h6-8,12-13H,2-5,16H2,1H3,(H2,17,18,19,20). The van der Waals surface area contributed by atoms with Gasteiger partial charge in [0.15, 0.2) is 0 Å². The minimum absolute atomic E-state index is 0.146. The van der Waals surface area contributed by atoms with Gasteiger partial charge in [0, 0.05) is 17.0 Å². The van der Waals surface area contributed by atoms with Crippen molar-refractivity contribution in [3.63, 3.8) is 0 Å². The van der Waals surface area contributed by atoms with E-state index in [4.69, 9.17) is 5.73 Å². The fourth-order valence-corrected chi connectivity index (χ4v) is 4.10. The highest BCUT2D eigenvalue weighted by Gasteiger charge is 2.27. The van der Waals surface area contributed by atoms with Crippen LogP contribution >= 0.6 is 11.8 Å². The van der Waals surface area contributed by atoms with Crippen LogP contribution in [-0.4, -0.2) is 27.0 Å². The van der Waals surface area contributed by atoms with Gasteiger partial charge in [-0.25, -0.2) is 4.98 Å². The first-order chi connectivity index (χ1) is 10.2. The number of H-pyrrole nitrogens is 1. The summed E-state index contributed by atoms with van der Waals surface area (Å²) < 4.78 is 0. The zero-order valence-electron chi connectivity index (χ0n) is 12.1. The largest absolute Gasteiger partial charge is 0.399 e. The maximum atomic E-state index is 12.1. The average Bonchev–Trinajstić information content (AvgIpc) is 2.88. The number of nitrogens with zero attached hydrogens (tertiary/aromatic N) is 1. The SMILES string of the molecule is CCSC1CCCC1Nc1nc2ccc(N)cc2c(=O)[nH]1. The molecule has 1 heterocycles. The van der Waals surface area contributed by atoms with Crippen LogP contribution in [-0.2, 0) is 0 Å². The number of thioether (sulfide) groups is 1. The molecule has 1 fully saturated rings. The number of rotatable bonds is 4. The predicted octanol–water partition coefficient (Wildman–Crippen LogP) is 2.59. The number of nitrogens with one attached hydrogen (secondary N) is 2. The second-order valence-electron chi connectivity index (χ2n) is 5.37. The van der Waals surface area contributed by atoms with Crippen LogP contribution in [0.1, 0.15) is 26.2 Å². The number of benzene rings is 1. The molecule has 21 heavy (non-hydrogen) atoms. The third kappa shape index (κ3) is 3.00. The summed E-state index contributed by atoms with van der Waals surface area (Å²) in [4.78, 5) is 19.5. The maximum Gasteiger partial charge on any atom is 0.260 e. The predicted molar refractivity (Wildman–Crippen MR) is 90.0 cm³/mol. The van der Waals surface area contributed by atoms with Crippen LogP contribution < -0.4 is 16.6 Å². The number of fused-ring (bicyclic) bond motifs is 1. The van der Waals surface area contributed by atoms with Crippen LogP contribution in [0, 0.1) is 0 Å². The lowest BCUT2D eigenvalue weighted by atomic mass is 10.2. The van der Waals surface area contributed by atoms with E-state index in [1.165, 1.54) is 12.8 Å². The van der Waals surface area contributed by atoms with Gasteiger partial charge < -0.3 is 11.1 Å². The van der Waals surface area contributed by atoms with Gasteiger partial charge in [-0.05, 0) is 36.8 Å². The number of nitrogen functional groups attached to an aromatic ring is 1. The molecule has 0 radical (unpaired) electrons. The zero-order valence-corrected chi connectivity index (χ0v) is 12.9. The first kappa shape index (κ1) is 14.3. The van der Waals surface area contributed by atoms with E-state index in [-0.39, 0.29) is 5.56 Å². The van der Waals surface area contributed by atoms with E-state index in [0.717, 1.165) is 12.2 Å². The molecule has 2 atom stereocenters. The smallest absolute Gasteiger partial charge is 0.260 e. The van der Waals surface area contributed by atoms with Crippen molar-refractivity contribution in [2.75, 3.05) is 16.8 Å². The van der Waals surface area contributed by atoms with Crippen LogP contribution in [0.2, 0.25) is 0 Å². The van der Waals surface area contributed by atoms with E-state index in [2.05, 4.69) is 22.2 Å². The molecule has 6 heteroatoms. The van der Waals surface area contributed by atoms with E-state index in [1.807, 2.05) is 11.8 Å². The normalized spacial score (nSPS) is 21.8. The Kier molecular flexibility index (Phi) is 4.05. The highest BCUT2D eigenvalue weighted by Crippen LogP contribution is 2.31. The summed E-state index contributed by atoms with van der Waals surface area (Å²) >= 11 is 1.98.